The van der Waals surface area contributed by atoms with E-state index < -0.39 is 34.5 Å². The quantitative estimate of drug-likeness (QED) is 0.597. The summed E-state index contributed by atoms with van der Waals surface area (Å²) in [5, 5.41) is 18.8. The molecule has 1 saturated heterocycles. The van der Waals surface area contributed by atoms with E-state index in [2.05, 4.69) is 20.9 Å². The molecule has 0 aliphatic carbocycles. The number of rotatable bonds is 2. The molecule has 0 saturated carbocycles. The highest BCUT2D eigenvalue weighted by Crippen LogP contribution is 2.33. The summed E-state index contributed by atoms with van der Waals surface area (Å²) in [6.07, 6.45) is -1.11. The van der Waals surface area contributed by atoms with Gasteiger partial charge in [0, 0.05) is 11.8 Å². The van der Waals surface area contributed by atoms with Crippen molar-refractivity contribution < 1.29 is 14.9 Å². The maximum Gasteiger partial charge on any atom is 0.330 e. The van der Waals surface area contributed by atoms with Crippen LogP contribution in [0.1, 0.15) is 11.8 Å². The fourth-order valence-electron chi connectivity index (χ4n) is 1.85. The molecular weight excluding hydrogens is 308 g/mol. The lowest BCUT2D eigenvalue weighted by atomic mass is 10.2. The molecule has 0 spiro atoms. The Kier molecular flexibility index (Phi) is 3.71. The molecule has 1 unspecified atom stereocenters. The normalized spacial score (nSPS) is 31.8. The minimum atomic E-state index is -0.931. The van der Waals surface area contributed by atoms with Crippen molar-refractivity contribution in [3.8, 4) is 0 Å². The molecule has 8 heteroatoms. The van der Waals surface area contributed by atoms with Crippen LogP contribution >= 0.6 is 15.9 Å². The molecule has 100 valence electrons. The first kappa shape index (κ1) is 13.5. The zero-order chi connectivity index (χ0) is 13.4. The SMILES string of the molecule is Cc1cn([C@@H]2O[C@H](CO)[C@H](O)C2Br)c(=O)[nH]c1=O. The Hall–Kier alpha value is -0.960. The average molecular weight is 321 g/mol. The van der Waals surface area contributed by atoms with Gasteiger partial charge in [-0.2, -0.15) is 0 Å². The summed E-state index contributed by atoms with van der Waals surface area (Å²) in [4.78, 5) is 24.6. The second kappa shape index (κ2) is 4.96. The molecule has 18 heavy (non-hydrogen) atoms. The van der Waals surface area contributed by atoms with Crippen LogP contribution in [0.15, 0.2) is 15.8 Å². The van der Waals surface area contributed by atoms with Gasteiger partial charge in [0.05, 0.1) is 17.5 Å². The van der Waals surface area contributed by atoms with Gasteiger partial charge in [-0.25, -0.2) is 4.79 Å². The summed E-state index contributed by atoms with van der Waals surface area (Å²) < 4.78 is 6.58. The smallest absolute Gasteiger partial charge is 0.330 e. The topological polar surface area (TPSA) is 105 Å². The van der Waals surface area contributed by atoms with E-state index in [-0.39, 0.29) is 6.61 Å². The minimum absolute atomic E-state index is 0.350. The molecule has 2 heterocycles. The number of aliphatic hydroxyl groups excluding tert-OH is 2. The lowest BCUT2D eigenvalue weighted by Gasteiger charge is -2.17. The molecule has 1 fully saturated rings. The van der Waals surface area contributed by atoms with Crippen LogP contribution in [0, 0.1) is 6.92 Å². The monoisotopic (exact) mass is 320 g/mol. The van der Waals surface area contributed by atoms with Crippen molar-refractivity contribution in [3.05, 3.63) is 32.6 Å². The second-order valence-corrected chi connectivity index (χ2v) is 5.22. The van der Waals surface area contributed by atoms with Gasteiger partial charge in [-0.3, -0.25) is 14.3 Å². The van der Waals surface area contributed by atoms with Crippen LogP contribution in [0.3, 0.4) is 0 Å². The standard InChI is InChI=1S/C10H13BrN2O5/c1-4-2-13(10(17)12-8(4)16)9-6(11)7(15)5(3-14)18-9/h2,5-7,9,14-15H,3H2,1H3,(H,12,16,17)/t5-,6?,7+,9-/m1/s1. The molecule has 0 bridgehead atoms. The van der Waals surface area contributed by atoms with Gasteiger partial charge in [0.2, 0.25) is 0 Å². The van der Waals surface area contributed by atoms with Crippen LogP contribution in [0.4, 0.5) is 0 Å². The number of alkyl halides is 1. The van der Waals surface area contributed by atoms with Gasteiger partial charge in [0.1, 0.15) is 6.10 Å². The van der Waals surface area contributed by atoms with Crippen molar-refractivity contribution in [3.63, 3.8) is 0 Å². The number of hydrogen-bond acceptors (Lipinski definition) is 5. The van der Waals surface area contributed by atoms with Crippen LogP contribution in [-0.4, -0.2) is 43.4 Å². The Labute approximate surface area is 110 Å². The van der Waals surface area contributed by atoms with Crippen molar-refractivity contribution in [2.45, 2.75) is 30.2 Å². The van der Waals surface area contributed by atoms with Crippen molar-refractivity contribution in [1.29, 1.82) is 0 Å². The van der Waals surface area contributed by atoms with Crippen LogP contribution in [0.2, 0.25) is 0 Å². The van der Waals surface area contributed by atoms with E-state index in [1.807, 2.05) is 0 Å². The van der Waals surface area contributed by atoms with Crippen molar-refractivity contribution in [1.82, 2.24) is 9.55 Å². The number of aromatic amines is 1. The molecule has 0 amide bonds. The molecule has 3 N–H and O–H groups in total. The third kappa shape index (κ3) is 2.16. The van der Waals surface area contributed by atoms with E-state index in [9.17, 15) is 14.7 Å². The van der Waals surface area contributed by atoms with E-state index in [1.54, 1.807) is 6.92 Å². The predicted octanol–water partition coefficient (Wildman–Crippen LogP) is -1.14. The Balaban J connectivity index is 2.42. The molecule has 0 radical (unpaired) electrons. The third-order valence-electron chi connectivity index (χ3n) is 2.89. The number of ether oxygens (including phenoxy) is 1. The first-order valence-electron chi connectivity index (χ1n) is 5.36. The Morgan fingerprint density at radius 2 is 2.22 bits per heavy atom. The fourth-order valence-corrected chi connectivity index (χ4v) is 2.57. The summed E-state index contributed by atoms with van der Waals surface area (Å²) in [6.45, 7) is 1.21. The fraction of sp³-hybridized carbons (Fsp3) is 0.600. The molecule has 1 aromatic rings. The van der Waals surface area contributed by atoms with Crippen molar-refractivity contribution in [2.24, 2.45) is 0 Å². The third-order valence-corrected chi connectivity index (χ3v) is 3.89. The van der Waals surface area contributed by atoms with Crippen LogP contribution in [0.5, 0.6) is 0 Å². The van der Waals surface area contributed by atoms with Crippen LogP contribution in [0.25, 0.3) is 0 Å². The number of nitrogens with zero attached hydrogens (tertiary/aromatic N) is 1. The number of aryl methyl sites for hydroxylation is 1. The zero-order valence-corrected chi connectivity index (χ0v) is 11.1. The summed E-state index contributed by atoms with van der Waals surface area (Å²) >= 11 is 3.23. The van der Waals surface area contributed by atoms with Crippen molar-refractivity contribution >= 4 is 15.9 Å². The highest BCUT2D eigenvalue weighted by molar-refractivity contribution is 9.09. The number of aliphatic hydroxyl groups is 2. The molecular formula is C10H13BrN2O5. The predicted molar refractivity (Wildman–Crippen MR) is 65.8 cm³/mol. The highest BCUT2D eigenvalue weighted by atomic mass is 79.9. The van der Waals surface area contributed by atoms with Gasteiger partial charge >= 0.3 is 5.69 Å². The largest absolute Gasteiger partial charge is 0.394 e. The van der Waals surface area contributed by atoms with Gasteiger partial charge < -0.3 is 14.9 Å². The summed E-state index contributed by atoms with van der Waals surface area (Å²) in [6, 6.07) is 0. The molecule has 7 nitrogen and oxygen atoms in total. The van der Waals surface area contributed by atoms with Gasteiger partial charge in [0.25, 0.3) is 5.56 Å². The zero-order valence-electron chi connectivity index (χ0n) is 9.54. The maximum atomic E-state index is 11.7. The van der Waals surface area contributed by atoms with Crippen LogP contribution < -0.4 is 11.2 Å². The lowest BCUT2D eigenvalue weighted by Crippen LogP contribution is -2.36. The maximum absolute atomic E-state index is 11.7. The number of halogens is 1. The van der Waals surface area contributed by atoms with Gasteiger partial charge in [-0.05, 0) is 6.92 Å². The van der Waals surface area contributed by atoms with E-state index in [0.717, 1.165) is 0 Å². The van der Waals surface area contributed by atoms with E-state index >= 15 is 0 Å². The number of nitrogens with one attached hydrogen (secondary N) is 1. The average Bonchev–Trinajstić information content (AvgIpc) is 2.61. The minimum Gasteiger partial charge on any atom is -0.394 e. The first-order valence-corrected chi connectivity index (χ1v) is 6.27. The van der Waals surface area contributed by atoms with Crippen LogP contribution in [-0.2, 0) is 4.74 Å². The van der Waals surface area contributed by atoms with Gasteiger partial charge in [0.15, 0.2) is 6.23 Å². The summed E-state index contributed by atoms with van der Waals surface area (Å²) in [5.74, 6) is 0. The highest BCUT2D eigenvalue weighted by Gasteiger charge is 2.43. The van der Waals surface area contributed by atoms with Crippen molar-refractivity contribution in [2.75, 3.05) is 6.61 Å². The second-order valence-electron chi connectivity index (χ2n) is 4.16. The first-order chi connectivity index (χ1) is 8.45. The van der Waals surface area contributed by atoms with Gasteiger partial charge in [-0.1, -0.05) is 15.9 Å². The Bertz CT molecular complexity index is 554. The van der Waals surface area contributed by atoms with E-state index in [4.69, 9.17) is 9.84 Å². The summed E-state index contributed by atoms with van der Waals surface area (Å²) in [5.41, 5.74) is -0.717. The lowest BCUT2D eigenvalue weighted by molar-refractivity contribution is -0.0457. The number of aromatic nitrogens is 2. The molecule has 1 aliphatic rings. The summed E-state index contributed by atoms with van der Waals surface area (Å²) in [7, 11) is 0. The van der Waals surface area contributed by atoms with E-state index in [0.29, 0.717) is 5.56 Å². The Morgan fingerprint density at radius 1 is 1.56 bits per heavy atom. The molecule has 1 aliphatic heterocycles. The molecule has 1 aromatic heterocycles. The molecule has 0 aromatic carbocycles. The van der Waals surface area contributed by atoms with E-state index in [1.165, 1.54) is 10.8 Å². The molecule has 2 rings (SSSR count). The number of hydrogen-bond donors (Lipinski definition) is 3. The van der Waals surface area contributed by atoms with Gasteiger partial charge in [-0.15, -0.1) is 0 Å². The Morgan fingerprint density at radius 3 is 2.78 bits per heavy atom. The molecule has 4 atom stereocenters. The number of H-pyrrole nitrogens is 1.